The second-order valence-electron chi connectivity index (χ2n) is 22.8. The van der Waals surface area contributed by atoms with Crippen molar-refractivity contribution < 1.29 is 10.2 Å². The fourth-order valence-electron chi connectivity index (χ4n) is 9.57. The van der Waals surface area contributed by atoms with Gasteiger partial charge < -0.3 is 14.5 Å². The quantitative estimate of drug-likeness (QED) is 0.160. The van der Waals surface area contributed by atoms with Gasteiger partial charge in [0.2, 0.25) is 0 Å². The number of rotatable bonds is 7. The number of benzene rings is 7. The third-order valence-corrected chi connectivity index (χ3v) is 13.6. The van der Waals surface area contributed by atoms with Crippen molar-refractivity contribution >= 4 is 44.6 Å². The van der Waals surface area contributed by atoms with Crippen LogP contribution >= 0.6 is 0 Å². The fraction of sp³-hybridized carbons (Fsp3) is 0.266. The van der Waals surface area contributed by atoms with Crippen LogP contribution in [0.4, 0.5) is 22.7 Å². The van der Waals surface area contributed by atoms with E-state index < -0.39 is 0 Å². The summed E-state index contributed by atoms with van der Waals surface area (Å²) in [5, 5.41) is 1.13. The lowest BCUT2D eigenvalue weighted by molar-refractivity contribution is 0.479. The minimum atomic E-state index is -0.289. The van der Waals surface area contributed by atoms with Crippen molar-refractivity contribution in [1.82, 2.24) is 9.55 Å². The van der Waals surface area contributed by atoms with Crippen LogP contribution in [0.3, 0.4) is 0 Å². The van der Waals surface area contributed by atoms with Gasteiger partial charge >= 0.3 is 0 Å². The lowest BCUT2D eigenvalue weighted by Gasteiger charge is -2.30. The molecule has 9 aromatic rings. The lowest BCUT2D eigenvalue weighted by atomic mass is 9.78. The molecule has 0 amide bonds. The fourth-order valence-corrected chi connectivity index (χ4v) is 9.57. The van der Waals surface area contributed by atoms with Gasteiger partial charge in [-0.1, -0.05) is 180 Å². The van der Waals surface area contributed by atoms with E-state index in [9.17, 15) is 0 Å². The summed E-state index contributed by atoms with van der Waals surface area (Å²) in [5.41, 5.74) is 14.3. The first-order valence-corrected chi connectivity index (χ1v) is 24.2. The van der Waals surface area contributed by atoms with Crippen molar-refractivity contribution in [1.29, 1.82) is 0 Å². The minimum Gasteiger partial charge on any atom is -0.457 e. The molecule has 2 aromatic heterocycles. The molecule has 10 rings (SSSR count). The molecule has 0 fully saturated rings. The zero-order chi connectivity index (χ0) is 52.1. The standard InChI is InChI=1S/C64H66N4O/c1-61(2,3)44-31-32-65-59(38-44)68-55-26-17-16-23-53(55)54-30-29-49(40-58(54)68)69-50-37-47(64(10,11)12)36-48(39-50)66-41-67(57-28-19-18-27-56(57)66)60-51(42-21-14-13-15-22-42)24-20-25-52(60)43-33-45(62(4,5)6)35-46(34-43)63(7,8)9/h13-40H,41H2,1-12H3/i16D,17D,23D,26D. The first-order valence-electron chi connectivity index (χ1n) is 26.2. The average Bonchev–Trinajstić information content (AvgIpc) is 3.90. The molecule has 0 saturated carbocycles. The van der Waals surface area contributed by atoms with E-state index >= 15 is 0 Å². The first-order chi connectivity index (χ1) is 34.4. The molecule has 348 valence electrons. The van der Waals surface area contributed by atoms with Crippen molar-refractivity contribution in [2.24, 2.45) is 0 Å². The van der Waals surface area contributed by atoms with Gasteiger partial charge in [0.1, 0.15) is 24.0 Å². The molecule has 0 spiro atoms. The van der Waals surface area contributed by atoms with Gasteiger partial charge in [0.05, 0.1) is 33.6 Å². The SMILES string of the molecule is [2H]c1c([2H])c([2H])c2c(c1[2H])c1ccc(Oc3cc(N4CN(c5c(-c6ccccc6)cccc5-c5cc(C(C)(C)C)cc(C(C)(C)C)c5)c5ccccc54)cc(C(C)(C)C)c3)cc1n2-c1cc(C(C)(C)C)ccn1. The molecule has 0 saturated heterocycles. The van der Waals surface area contributed by atoms with Crippen LogP contribution in [0.25, 0.3) is 49.9 Å². The summed E-state index contributed by atoms with van der Waals surface area (Å²) in [5.74, 6) is 1.79. The summed E-state index contributed by atoms with van der Waals surface area (Å²) in [6, 6.07) is 48.8. The Kier molecular flexibility index (Phi) is 9.98. The molecule has 5 nitrogen and oxygen atoms in total. The van der Waals surface area contributed by atoms with Gasteiger partial charge in [-0.25, -0.2) is 4.98 Å². The number of ether oxygens (including phenoxy) is 1. The second-order valence-corrected chi connectivity index (χ2v) is 22.8. The molecule has 5 heteroatoms. The predicted molar refractivity (Wildman–Crippen MR) is 293 cm³/mol. The molecular formula is C64H66N4O. The Labute approximate surface area is 415 Å². The molecule has 0 bridgehead atoms. The molecular weight excluding hydrogens is 841 g/mol. The van der Waals surface area contributed by atoms with E-state index in [0.29, 0.717) is 45.8 Å². The second kappa shape index (κ2) is 16.8. The van der Waals surface area contributed by atoms with Crippen molar-refractivity contribution in [3.05, 3.63) is 192 Å². The summed E-state index contributed by atoms with van der Waals surface area (Å²) in [6.07, 6.45) is 1.77. The Morgan fingerprint density at radius 1 is 0.478 bits per heavy atom. The van der Waals surface area contributed by atoms with Crippen LogP contribution in [-0.2, 0) is 21.7 Å². The highest BCUT2D eigenvalue weighted by Gasteiger charge is 2.33. The smallest absolute Gasteiger partial charge is 0.137 e. The molecule has 0 radical (unpaired) electrons. The van der Waals surface area contributed by atoms with Crippen LogP contribution in [-0.4, -0.2) is 16.2 Å². The number of para-hydroxylation sites is 4. The summed E-state index contributed by atoms with van der Waals surface area (Å²) in [7, 11) is 0. The third kappa shape index (κ3) is 8.69. The summed E-state index contributed by atoms with van der Waals surface area (Å²) >= 11 is 0. The molecule has 0 unspecified atom stereocenters. The number of aromatic nitrogens is 2. The van der Waals surface area contributed by atoms with Crippen molar-refractivity contribution in [3.63, 3.8) is 0 Å². The van der Waals surface area contributed by atoms with Crippen LogP contribution in [0.5, 0.6) is 11.5 Å². The average molecular weight is 911 g/mol. The van der Waals surface area contributed by atoms with E-state index in [1.807, 2.05) is 34.9 Å². The summed E-state index contributed by atoms with van der Waals surface area (Å²) in [4.78, 5) is 9.69. The molecule has 69 heavy (non-hydrogen) atoms. The number of pyridine rings is 1. The van der Waals surface area contributed by atoms with Gasteiger partial charge in [0.15, 0.2) is 0 Å². The van der Waals surface area contributed by atoms with Crippen LogP contribution in [0.2, 0.25) is 0 Å². The van der Waals surface area contributed by atoms with E-state index in [0.717, 1.165) is 45.0 Å². The van der Waals surface area contributed by atoms with Gasteiger partial charge in [0.25, 0.3) is 0 Å². The Morgan fingerprint density at radius 2 is 1.09 bits per heavy atom. The number of hydrogen-bond acceptors (Lipinski definition) is 4. The number of anilines is 4. The molecule has 1 aliphatic heterocycles. The van der Waals surface area contributed by atoms with Gasteiger partial charge in [-0.15, -0.1) is 0 Å². The monoisotopic (exact) mass is 911 g/mol. The maximum Gasteiger partial charge on any atom is 0.137 e. The Hall–Kier alpha value is -7.11. The highest BCUT2D eigenvalue weighted by molar-refractivity contribution is 6.09. The van der Waals surface area contributed by atoms with Crippen LogP contribution in [0.1, 0.15) is 111 Å². The maximum absolute atomic E-state index is 9.16. The van der Waals surface area contributed by atoms with Gasteiger partial charge in [-0.2, -0.15) is 0 Å². The first kappa shape index (κ1) is 40.9. The molecule has 0 aliphatic carbocycles. The molecule has 3 heterocycles. The van der Waals surface area contributed by atoms with Gasteiger partial charge in [0, 0.05) is 45.9 Å². The van der Waals surface area contributed by atoms with Crippen LogP contribution in [0.15, 0.2) is 170 Å². The van der Waals surface area contributed by atoms with Crippen LogP contribution in [0, 0.1) is 0 Å². The van der Waals surface area contributed by atoms with E-state index in [4.69, 9.17) is 15.2 Å². The molecule has 0 atom stereocenters. The summed E-state index contributed by atoms with van der Waals surface area (Å²) < 4.78 is 44.4. The van der Waals surface area contributed by atoms with E-state index in [1.54, 1.807) is 6.20 Å². The Balaban J connectivity index is 1.13. The van der Waals surface area contributed by atoms with Crippen molar-refractivity contribution in [2.45, 2.75) is 105 Å². The number of hydrogen-bond donors (Lipinski definition) is 0. The molecule has 1 aliphatic rings. The zero-order valence-electron chi connectivity index (χ0n) is 46.3. The van der Waals surface area contributed by atoms with E-state index in [2.05, 4.69) is 202 Å². The number of fused-ring (bicyclic) bond motifs is 4. The van der Waals surface area contributed by atoms with Crippen molar-refractivity contribution in [2.75, 3.05) is 16.5 Å². The highest BCUT2D eigenvalue weighted by atomic mass is 16.5. The largest absolute Gasteiger partial charge is 0.457 e. The molecule has 7 aromatic carbocycles. The van der Waals surface area contributed by atoms with Crippen LogP contribution < -0.4 is 14.5 Å². The minimum absolute atomic E-state index is 0.0585. The predicted octanol–water partition coefficient (Wildman–Crippen LogP) is 17.7. The van der Waals surface area contributed by atoms with Gasteiger partial charge in [-0.05, 0) is 110 Å². The van der Waals surface area contributed by atoms with Gasteiger partial charge in [-0.3, -0.25) is 4.57 Å². The summed E-state index contributed by atoms with van der Waals surface area (Å²) in [6.45, 7) is 27.4. The topological polar surface area (TPSA) is 33.5 Å². The van der Waals surface area contributed by atoms with E-state index in [1.165, 1.54) is 22.3 Å². The maximum atomic E-state index is 9.16. The highest BCUT2D eigenvalue weighted by Crippen LogP contribution is 2.51. The third-order valence-electron chi connectivity index (χ3n) is 13.6. The Bertz CT molecular complexity index is 3590. The Morgan fingerprint density at radius 3 is 1.75 bits per heavy atom. The number of nitrogens with zero attached hydrogens (tertiary/aromatic N) is 4. The zero-order valence-corrected chi connectivity index (χ0v) is 42.3. The normalized spacial score (nSPS) is 14.2. The van der Waals surface area contributed by atoms with E-state index in [-0.39, 0.29) is 45.8 Å². The molecule has 0 N–H and O–H groups in total. The lowest BCUT2D eigenvalue weighted by Crippen LogP contribution is -2.25. The van der Waals surface area contributed by atoms with Crippen molar-refractivity contribution in [3.8, 4) is 39.6 Å².